The number of para-hydroxylation sites is 1. The molecule has 0 spiro atoms. The summed E-state index contributed by atoms with van der Waals surface area (Å²) in [7, 11) is 0. The van der Waals surface area contributed by atoms with Gasteiger partial charge in [0, 0.05) is 23.6 Å². The van der Waals surface area contributed by atoms with Crippen molar-refractivity contribution in [2.45, 2.75) is 33.1 Å². The number of carbonyl (C=O) groups is 1. The third-order valence-corrected chi connectivity index (χ3v) is 6.18. The normalized spacial score (nSPS) is 21.7. The molecule has 2 heterocycles. The molecule has 0 bridgehead atoms. The Balaban J connectivity index is 1.78. The second-order valence-electron chi connectivity index (χ2n) is 9.08. The van der Waals surface area contributed by atoms with Crippen LogP contribution in [0.1, 0.15) is 43.0 Å². The van der Waals surface area contributed by atoms with Gasteiger partial charge in [0.25, 0.3) is 0 Å². The second-order valence-corrected chi connectivity index (χ2v) is 9.08. The molecule has 1 N–H and O–H groups in total. The predicted molar refractivity (Wildman–Crippen MR) is 115 cm³/mol. The third kappa shape index (κ3) is 3.17. The number of hydrogen-bond donors (Lipinski definition) is 1. The monoisotopic (exact) mass is 419 g/mol. The number of hydrogen-bond acceptors (Lipinski definition) is 3. The van der Waals surface area contributed by atoms with Crippen molar-refractivity contribution in [1.82, 2.24) is 9.78 Å². The summed E-state index contributed by atoms with van der Waals surface area (Å²) >= 11 is 0. The summed E-state index contributed by atoms with van der Waals surface area (Å²) in [5.41, 5.74) is 3.53. The van der Waals surface area contributed by atoms with Crippen LogP contribution in [0.3, 0.4) is 0 Å². The van der Waals surface area contributed by atoms with Crippen molar-refractivity contribution >= 4 is 11.6 Å². The van der Waals surface area contributed by atoms with Crippen LogP contribution in [0, 0.1) is 29.9 Å². The molecule has 5 rings (SSSR count). The van der Waals surface area contributed by atoms with Crippen molar-refractivity contribution in [3.05, 3.63) is 88.8 Å². The first kappa shape index (κ1) is 19.7. The Hall–Kier alpha value is -3.28. The number of allylic oxidation sites excluding steroid dienone is 2. The van der Waals surface area contributed by atoms with Gasteiger partial charge in [-0.1, -0.05) is 44.2 Å². The maximum Gasteiger partial charge on any atom is 0.159 e. The smallest absolute Gasteiger partial charge is 0.159 e. The van der Waals surface area contributed by atoms with E-state index in [9.17, 15) is 13.6 Å². The molecule has 2 aliphatic rings. The molecule has 1 aromatic heterocycles. The maximum atomic E-state index is 14.2. The Morgan fingerprint density at radius 1 is 1.06 bits per heavy atom. The molecule has 2 atom stereocenters. The summed E-state index contributed by atoms with van der Waals surface area (Å²) in [6.07, 6.45) is 2.48. The van der Waals surface area contributed by atoms with Crippen LogP contribution < -0.4 is 5.32 Å². The van der Waals surface area contributed by atoms with E-state index in [1.807, 2.05) is 55.8 Å². The Kier molecular flexibility index (Phi) is 4.36. The van der Waals surface area contributed by atoms with Crippen LogP contribution >= 0.6 is 0 Å². The minimum absolute atomic E-state index is 0.0854. The molecule has 4 nitrogen and oxygen atoms in total. The number of carbonyl (C=O) groups excluding carboxylic acids is 1. The number of anilines is 1. The molecular weight excluding hydrogens is 396 g/mol. The molecule has 3 aromatic rings. The topological polar surface area (TPSA) is 46.9 Å². The van der Waals surface area contributed by atoms with E-state index in [0.29, 0.717) is 12.0 Å². The number of benzene rings is 2. The van der Waals surface area contributed by atoms with Gasteiger partial charge in [-0.2, -0.15) is 5.10 Å². The number of rotatable bonds is 2. The van der Waals surface area contributed by atoms with Crippen molar-refractivity contribution in [3.63, 3.8) is 0 Å². The van der Waals surface area contributed by atoms with E-state index in [0.717, 1.165) is 34.5 Å². The fourth-order valence-electron chi connectivity index (χ4n) is 4.93. The summed E-state index contributed by atoms with van der Waals surface area (Å²) in [5, 5.41) is 8.22. The molecule has 1 aliphatic heterocycles. The van der Waals surface area contributed by atoms with E-state index in [1.54, 1.807) is 6.07 Å². The average molecular weight is 419 g/mol. The van der Waals surface area contributed by atoms with Crippen LogP contribution in [0.5, 0.6) is 0 Å². The molecule has 31 heavy (non-hydrogen) atoms. The highest BCUT2D eigenvalue weighted by Crippen LogP contribution is 2.50. The SMILES string of the molecule is Cc1nn(-c2ccccc2)c2c1[C@@H](c1ccc(F)c(F)c1)[C@@H]1C(=O)CC(C)(C)C=C1N2. The third-order valence-electron chi connectivity index (χ3n) is 6.18. The first-order chi connectivity index (χ1) is 14.7. The molecule has 0 radical (unpaired) electrons. The van der Waals surface area contributed by atoms with Crippen LogP contribution in [0.25, 0.3) is 5.69 Å². The highest BCUT2D eigenvalue weighted by Gasteiger charge is 2.46. The molecule has 0 amide bonds. The highest BCUT2D eigenvalue weighted by atomic mass is 19.2. The predicted octanol–water partition coefficient (Wildman–Crippen LogP) is 5.52. The molecular formula is C25H23F2N3O. The van der Waals surface area contributed by atoms with Gasteiger partial charge in [0.15, 0.2) is 11.6 Å². The minimum Gasteiger partial charge on any atom is -0.343 e. The van der Waals surface area contributed by atoms with Crippen molar-refractivity contribution in [1.29, 1.82) is 0 Å². The van der Waals surface area contributed by atoms with E-state index < -0.39 is 23.5 Å². The fourth-order valence-corrected chi connectivity index (χ4v) is 4.93. The van der Waals surface area contributed by atoms with Crippen molar-refractivity contribution in [2.75, 3.05) is 5.32 Å². The summed E-state index contributed by atoms with van der Waals surface area (Å²) in [6.45, 7) is 5.94. The number of nitrogens with zero attached hydrogens (tertiary/aromatic N) is 2. The number of halogens is 2. The lowest BCUT2D eigenvalue weighted by atomic mass is 9.67. The number of aromatic nitrogens is 2. The zero-order valence-corrected chi connectivity index (χ0v) is 17.6. The summed E-state index contributed by atoms with van der Waals surface area (Å²) in [6, 6.07) is 13.6. The van der Waals surface area contributed by atoms with Crippen LogP contribution in [0.4, 0.5) is 14.6 Å². The molecule has 6 heteroatoms. The van der Waals surface area contributed by atoms with Gasteiger partial charge < -0.3 is 5.32 Å². The van der Waals surface area contributed by atoms with Gasteiger partial charge in [0.05, 0.1) is 17.3 Å². The molecule has 0 unspecified atom stereocenters. The van der Waals surface area contributed by atoms with Crippen molar-refractivity contribution in [3.8, 4) is 5.69 Å². The van der Waals surface area contributed by atoms with Crippen LogP contribution in [0.2, 0.25) is 0 Å². The summed E-state index contributed by atoms with van der Waals surface area (Å²) in [5.74, 6) is -1.91. The number of nitrogens with one attached hydrogen (secondary N) is 1. The highest BCUT2D eigenvalue weighted by molar-refractivity contribution is 5.90. The summed E-state index contributed by atoms with van der Waals surface area (Å²) in [4.78, 5) is 13.3. The average Bonchev–Trinajstić information content (AvgIpc) is 3.04. The molecule has 1 aliphatic carbocycles. The van der Waals surface area contributed by atoms with Gasteiger partial charge in [-0.15, -0.1) is 0 Å². The van der Waals surface area contributed by atoms with Crippen molar-refractivity contribution in [2.24, 2.45) is 11.3 Å². The second kappa shape index (κ2) is 6.87. The Morgan fingerprint density at radius 2 is 1.81 bits per heavy atom. The first-order valence-electron chi connectivity index (χ1n) is 10.4. The van der Waals surface area contributed by atoms with Crippen LogP contribution in [0.15, 0.2) is 60.3 Å². The molecule has 158 valence electrons. The van der Waals surface area contributed by atoms with E-state index in [2.05, 4.69) is 11.4 Å². The standard InChI is InChI=1S/C25H23F2N3O/c1-14-21-22(15-9-10-17(26)18(27)11-15)23-19(12-25(2,3)13-20(23)31)28-24(21)30(29-14)16-7-5-4-6-8-16/h4-12,22-23,28H,13H2,1-3H3/t22-,23+/m1/s1. The molecule has 0 saturated carbocycles. The van der Waals surface area contributed by atoms with E-state index in [1.165, 1.54) is 6.07 Å². The zero-order chi connectivity index (χ0) is 21.9. The van der Waals surface area contributed by atoms with E-state index in [4.69, 9.17) is 5.10 Å². The van der Waals surface area contributed by atoms with E-state index in [-0.39, 0.29) is 11.2 Å². The quantitative estimate of drug-likeness (QED) is 0.595. The summed E-state index contributed by atoms with van der Waals surface area (Å²) < 4.78 is 29.7. The van der Waals surface area contributed by atoms with Crippen molar-refractivity contribution < 1.29 is 13.6 Å². The van der Waals surface area contributed by atoms with Gasteiger partial charge in [0.2, 0.25) is 0 Å². The van der Waals surface area contributed by atoms with Gasteiger partial charge in [0.1, 0.15) is 11.6 Å². The maximum absolute atomic E-state index is 14.2. The van der Waals surface area contributed by atoms with Gasteiger partial charge >= 0.3 is 0 Å². The van der Waals surface area contributed by atoms with Crippen LogP contribution in [-0.2, 0) is 4.79 Å². The lowest BCUT2D eigenvalue weighted by Gasteiger charge is -2.40. The number of Topliss-reactive ketones (excluding diaryl/α,β-unsaturated/α-hetero) is 1. The largest absolute Gasteiger partial charge is 0.343 e. The zero-order valence-electron chi connectivity index (χ0n) is 17.6. The number of fused-ring (bicyclic) bond motifs is 2. The Labute approximate surface area is 179 Å². The molecule has 0 fully saturated rings. The fraction of sp³-hybridized carbons (Fsp3) is 0.280. The minimum atomic E-state index is -0.917. The number of ketones is 1. The van der Waals surface area contributed by atoms with Gasteiger partial charge in [-0.3, -0.25) is 4.79 Å². The van der Waals surface area contributed by atoms with Gasteiger partial charge in [-0.25, -0.2) is 13.5 Å². The number of aryl methyl sites for hydroxylation is 1. The first-order valence-corrected chi connectivity index (χ1v) is 10.4. The molecule has 0 saturated heterocycles. The van der Waals surface area contributed by atoms with Gasteiger partial charge in [-0.05, 0) is 42.2 Å². The van der Waals surface area contributed by atoms with Crippen LogP contribution in [-0.4, -0.2) is 15.6 Å². The lowest BCUT2D eigenvalue weighted by molar-refractivity contribution is -0.124. The van der Waals surface area contributed by atoms with E-state index >= 15 is 0 Å². The Bertz CT molecular complexity index is 1230. The Morgan fingerprint density at radius 3 is 2.52 bits per heavy atom. The molecule has 2 aromatic carbocycles. The lowest BCUT2D eigenvalue weighted by Crippen LogP contribution is -2.39.